The van der Waals surface area contributed by atoms with Gasteiger partial charge < -0.3 is 14.2 Å². The molecule has 75 heavy (non-hydrogen) atoms. The molecule has 0 saturated heterocycles. The first-order chi connectivity index (χ1) is 36.8. The Morgan fingerprint density at radius 3 is 1.21 bits per heavy atom. The molecule has 0 fully saturated rings. The van der Waals surface area contributed by atoms with Gasteiger partial charge in [0.15, 0.2) is 0 Å². The molecular weight excluding hydrogens is 909 g/mol. The monoisotopic (exact) mass is 962 g/mol. The van der Waals surface area contributed by atoms with Gasteiger partial charge in [-0.05, 0) is 151 Å². The van der Waals surface area contributed by atoms with E-state index in [0.717, 1.165) is 94.3 Å². The van der Waals surface area contributed by atoms with Crippen LogP contribution in [0.5, 0.6) is 0 Å². The van der Waals surface area contributed by atoms with Gasteiger partial charge in [0.2, 0.25) is 0 Å². The molecule has 12 aromatic carbocycles. The Balaban J connectivity index is 0.919. The molecule has 0 radical (unpaired) electrons. The summed E-state index contributed by atoms with van der Waals surface area (Å²) in [5, 5.41) is 6.72. The predicted molar refractivity (Wildman–Crippen MR) is 319 cm³/mol. The topological polar surface area (TPSA) is 19.6 Å². The summed E-state index contributed by atoms with van der Waals surface area (Å²) in [6.45, 7) is 6.80. The van der Waals surface area contributed by atoms with Crippen molar-refractivity contribution in [1.82, 2.24) is 0 Å². The molecule has 1 aromatic heterocycles. The van der Waals surface area contributed by atoms with Crippen LogP contribution in [0, 0.1) is 0 Å². The lowest BCUT2D eigenvalue weighted by atomic mass is 9.86. The lowest BCUT2D eigenvalue weighted by molar-refractivity contribution is 0.590. The SMILES string of the molecule is CC(C)(C)c1ccc(-c2ccccc2N(c2cccc(-c3ccccc3)c2)c2ccc3cc4c(cc3c2)oc2cc3cc(N(c5ccc(-c6ccccc6)cc5)c5ccccc5-c5ccccc5)ccc3cc24)cc1. The number of para-hydroxylation sites is 2. The van der Waals surface area contributed by atoms with Crippen LogP contribution in [0.15, 0.2) is 277 Å². The largest absolute Gasteiger partial charge is 0.456 e. The van der Waals surface area contributed by atoms with E-state index >= 15 is 0 Å². The molecular formula is C72H54N2O. The van der Waals surface area contributed by atoms with Crippen LogP contribution in [0.4, 0.5) is 34.1 Å². The van der Waals surface area contributed by atoms with Gasteiger partial charge in [-0.1, -0.05) is 209 Å². The van der Waals surface area contributed by atoms with E-state index in [1.54, 1.807) is 0 Å². The maximum Gasteiger partial charge on any atom is 0.136 e. The fourth-order valence-corrected chi connectivity index (χ4v) is 10.9. The zero-order chi connectivity index (χ0) is 50.5. The van der Waals surface area contributed by atoms with E-state index in [-0.39, 0.29) is 5.41 Å². The maximum atomic E-state index is 6.89. The van der Waals surface area contributed by atoms with Gasteiger partial charge in [-0.2, -0.15) is 0 Å². The van der Waals surface area contributed by atoms with E-state index in [4.69, 9.17) is 4.42 Å². The average Bonchev–Trinajstić information content (AvgIpc) is 3.80. The molecule has 13 aromatic rings. The summed E-state index contributed by atoms with van der Waals surface area (Å²) in [4.78, 5) is 4.79. The molecule has 3 heteroatoms. The summed E-state index contributed by atoms with van der Waals surface area (Å²) in [7, 11) is 0. The first kappa shape index (κ1) is 45.4. The molecule has 13 rings (SSSR count). The molecule has 0 bridgehead atoms. The third-order valence-corrected chi connectivity index (χ3v) is 14.8. The van der Waals surface area contributed by atoms with Crippen LogP contribution in [0.2, 0.25) is 0 Å². The molecule has 0 atom stereocenters. The Morgan fingerprint density at radius 2 is 0.680 bits per heavy atom. The summed E-state index contributed by atoms with van der Waals surface area (Å²) >= 11 is 0. The number of benzene rings is 12. The van der Waals surface area contributed by atoms with Crippen LogP contribution in [0.3, 0.4) is 0 Å². The summed E-state index contributed by atoms with van der Waals surface area (Å²) in [6, 6.07) is 98.9. The molecule has 0 amide bonds. The first-order valence-corrected chi connectivity index (χ1v) is 25.9. The van der Waals surface area contributed by atoms with E-state index < -0.39 is 0 Å². The van der Waals surface area contributed by atoms with Gasteiger partial charge in [0.1, 0.15) is 11.2 Å². The molecule has 0 spiro atoms. The van der Waals surface area contributed by atoms with E-state index in [9.17, 15) is 0 Å². The number of fused-ring (bicyclic) bond motifs is 5. The van der Waals surface area contributed by atoms with E-state index in [0.29, 0.717) is 0 Å². The van der Waals surface area contributed by atoms with Crippen molar-refractivity contribution in [2.75, 3.05) is 9.80 Å². The predicted octanol–water partition coefficient (Wildman–Crippen LogP) is 20.8. The molecule has 3 nitrogen and oxygen atoms in total. The van der Waals surface area contributed by atoms with Crippen molar-refractivity contribution in [3.05, 3.63) is 279 Å². The lowest BCUT2D eigenvalue weighted by Gasteiger charge is -2.29. The standard InChI is InChI=1S/C72H54N2O/c1-72(2,3)59-36-30-53(31-37-59)65-27-14-16-29-69(65)74(61-25-17-24-54(42-61)50-20-9-5-10-21-50)63-41-35-56-46-67-66-45-55-34-40-62(43-57(55)47-70(66)75-71(67)48-58(56)44-63)73(60-38-32-51(33-39-60)49-18-7-4-8-19-49)68-28-15-13-26-64(68)52-22-11-6-12-23-52/h4-48H,1-3H3. The van der Waals surface area contributed by atoms with Crippen molar-refractivity contribution in [2.24, 2.45) is 0 Å². The molecule has 0 unspecified atom stereocenters. The highest BCUT2D eigenvalue weighted by atomic mass is 16.3. The van der Waals surface area contributed by atoms with Crippen LogP contribution in [0.1, 0.15) is 26.3 Å². The van der Waals surface area contributed by atoms with Crippen molar-refractivity contribution < 1.29 is 4.42 Å². The molecule has 0 aliphatic heterocycles. The number of rotatable bonds is 10. The minimum absolute atomic E-state index is 0.0602. The molecule has 1 heterocycles. The Labute approximate surface area is 438 Å². The third-order valence-electron chi connectivity index (χ3n) is 14.8. The Hall–Kier alpha value is -9.44. The molecule has 0 aliphatic carbocycles. The summed E-state index contributed by atoms with van der Waals surface area (Å²) < 4.78 is 6.89. The first-order valence-electron chi connectivity index (χ1n) is 25.9. The van der Waals surface area contributed by atoms with Gasteiger partial charge in [-0.25, -0.2) is 0 Å². The van der Waals surface area contributed by atoms with Gasteiger partial charge in [0.25, 0.3) is 0 Å². The highest BCUT2D eigenvalue weighted by Crippen LogP contribution is 2.46. The van der Waals surface area contributed by atoms with Gasteiger partial charge in [0, 0.05) is 44.6 Å². The Morgan fingerprint density at radius 1 is 0.280 bits per heavy atom. The highest BCUT2D eigenvalue weighted by Gasteiger charge is 2.22. The summed E-state index contributed by atoms with van der Waals surface area (Å²) in [6.07, 6.45) is 0. The van der Waals surface area contributed by atoms with Crippen molar-refractivity contribution >= 4 is 77.6 Å². The quantitative estimate of drug-likeness (QED) is 0.136. The van der Waals surface area contributed by atoms with Gasteiger partial charge in [0.05, 0.1) is 11.4 Å². The second-order valence-electron chi connectivity index (χ2n) is 20.6. The van der Waals surface area contributed by atoms with E-state index in [1.807, 2.05) is 0 Å². The number of anilines is 6. The fraction of sp³-hybridized carbons (Fsp3) is 0.0556. The average molecular weight is 963 g/mol. The Kier molecular flexibility index (Phi) is 11.4. The van der Waals surface area contributed by atoms with Gasteiger partial charge >= 0.3 is 0 Å². The highest BCUT2D eigenvalue weighted by molar-refractivity contribution is 6.14. The number of hydrogen-bond donors (Lipinski definition) is 0. The summed E-state index contributed by atoms with van der Waals surface area (Å²) in [5.41, 5.74) is 19.0. The minimum Gasteiger partial charge on any atom is -0.456 e. The number of furan rings is 1. The number of nitrogens with zero attached hydrogens (tertiary/aromatic N) is 2. The minimum atomic E-state index is 0.0602. The molecule has 0 saturated carbocycles. The van der Waals surface area contributed by atoms with Crippen LogP contribution < -0.4 is 9.80 Å². The Bertz CT molecular complexity index is 4190. The van der Waals surface area contributed by atoms with Crippen molar-refractivity contribution in [3.63, 3.8) is 0 Å². The van der Waals surface area contributed by atoms with Crippen molar-refractivity contribution in [2.45, 2.75) is 26.2 Å². The lowest BCUT2D eigenvalue weighted by Crippen LogP contribution is -2.12. The van der Waals surface area contributed by atoms with Crippen LogP contribution >= 0.6 is 0 Å². The van der Waals surface area contributed by atoms with Crippen molar-refractivity contribution in [1.29, 1.82) is 0 Å². The van der Waals surface area contributed by atoms with Gasteiger partial charge in [-0.15, -0.1) is 0 Å². The molecule has 358 valence electrons. The fourth-order valence-electron chi connectivity index (χ4n) is 10.9. The second kappa shape index (κ2) is 18.9. The summed E-state index contributed by atoms with van der Waals surface area (Å²) in [5.74, 6) is 0. The maximum absolute atomic E-state index is 6.89. The normalized spacial score (nSPS) is 11.7. The van der Waals surface area contributed by atoms with E-state index in [1.165, 1.54) is 33.4 Å². The third kappa shape index (κ3) is 8.69. The van der Waals surface area contributed by atoms with Gasteiger partial charge in [-0.3, -0.25) is 0 Å². The molecule has 0 N–H and O–H groups in total. The number of hydrogen-bond acceptors (Lipinski definition) is 3. The zero-order valence-corrected chi connectivity index (χ0v) is 42.3. The van der Waals surface area contributed by atoms with Crippen molar-refractivity contribution in [3.8, 4) is 44.5 Å². The smallest absolute Gasteiger partial charge is 0.136 e. The van der Waals surface area contributed by atoms with Crippen LogP contribution in [-0.4, -0.2) is 0 Å². The van der Waals surface area contributed by atoms with Crippen LogP contribution in [0.25, 0.3) is 88.0 Å². The van der Waals surface area contributed by atoms with E-state index in [2.05, 4.69) is 304 Å². The van der Waals surface area contributed by atoms with Crippen LogP contribution in [-0.2, 0) is 5.41 Å². The zero-order valence-electron chi connectivity index (χ0n) is 42.3. The second-order valence-corrected chi connectivity index (χ2v) is 20.6. The molecule has 0 aliphatic rings.